The van der Waals surface area contributed by atoms with E-state index >= 15 is 0 Å². The lowest BCUT2D eigenvalue weighted by Gasteiger charge is -2.41. The van der Waals surface area contributed by atoms with Gasteiger partial charge < -0.3 is 15.1 Å². The van der Waals surface area contributed by atoms with Crippen molar-refractivity contribution in [3.8, 4) is 0 Å². The van der Waals surface area contributed by atoms with E-state index in [1.165, 1.54) is 23.2 Å². The van der Waals surface area contributed by atoms with Gasteiger partial charge in [0.05, 0.1) is 0 Å². The van der Waals surface area contributed by atoms with Crippen molar-refractivity contribution in [2.75, 3.05) is 38.0 Å². The molecular formula is C22H29N3O2. The van der Waals surface area contributed by atoms with Crippen LogP contribution in [0.15, 0.2) is 18.2 Å². The first kappa shape index (κ1) is 17.1. The Morgan fingerprint density at radius 1 is 1.19 bits per heavy atom. The Morgan fingerprint density at radius 2 is 2.00 bits per heavy atom. The summed E-state index contributed by atoms with van der Waals surface area (Å²) in [6.45, 7) is 6.25. The van der Waals surface area contributed by atoms with Crippen LogP contribution in [0.2, 0.25) is 0 Å². The molecule has 3 heterocycles. The number of nitrogens with zero attached hydrogens (tertiary/aromatic N) is 2. The van der Waals surface area contributed by atoms with E-state index in [9.17, 15) is 9.59 Å². The van der Waals surface area contributed by atoms with E-state index in [4.69, 9.17) is 0 Å². The van der Waals surface area contributed by atoms with E-state index in [1.807, 2.05) is 9.80 Å². The van der Waals surface area contributed by atoms with Gasteiger partial charge in [-0.25, -0.2) is 0 Å². The second-order valence-electron chi connectivity index (χ2n) is 9.12. The summed E-state index contributed by atoms with van der Waals surface area (Å²) in [4.78, 5) is 28.1. The van der Waals surface area contributed by atoms with Crippen LogP contribution in [0.1, 0.15) is 43.7 Å². The fraction of sp³-hybridized carbons (Fsp3) is 0.636. The Labute approximate surface area is 161 Å². The molecule has 1 unspecified atom stereocenters. The van der Waals surface area contributed by atoms with Gasteiger partial charge in [0.25, 0.3) is 0 Å². The molecule has 1 aromatic rings. The average Bonchev–Trinajstić information content (AvgIpc) is 3.15. The van der Waals surface area contributed by atoms with E-state index in [2.05, 4.69) is 23.5 Å². The minimum Gasteiger partial charge on any atom is -0.384 e. The van der Waals surface area contributed by atoms with Crippen LogP contribution in [0.3, 0.4) is 0 Å². The molecular weight excluding hydrogens is 338 g/mol. The maximum absolute atomic E-state index is 12.3. The van der Waals surface area contributed by atoms with Crippen molar-refractivity contribution in [1.82, 2.24) is 9.80 Å². The summed E-state index contributed by atoms with van der Waals surface area (Å²) in [7, 11) is 0. The predicted octanol–water partition coefficient (Wildman–Crippen LogP) is 2.40. The normalized spacial score (nSPS) is 31.3. The van der Waals surface area contributed by atoms with Crippen LogP contribution in [-0.4, -0.2) is 54.3 Å². The van der Waals surface area contributed by atoms with Crippen molar-refractivity contribution in [2.24, 2.45) is 11.8 Å². The topological polar surface area (TPSA) is 52.7 Å². The second kappa shape index (κ2) is 6.25. The van der Waals surface area contributed by atoms with E-state index in [0.29, 0.717) is 11.8 Å². The lowest BCUT2D eigenvalue weighted by atomic mass is 9.71. The smallest absolute Gasteiger partial charge is 0.225 e. The Kier molecular flexibility index (Phi) is 3.95. The van der Waals surface area contributed by atoms with E-state index in [0.717, 1.165) is 58.4 Å². The Balaban J connectivity index is 1.25. The number of fused-ring (bicyclic) bond motifs is 2. The molecule has 3 fully saturated rings. The van der Waals surface area contributed by atoms with Crippen molar-refractivity contribution < 1.29 is 9.59 Å². The van der Waals surface area contributed by atoms with Gasteiger partial charge >= 0.3 is 0 Å². The van der Waals surface area contributed by atoms with Crippen molar-refractivity contribution in [3.05, 3.63) is 29.3 Å². The van der Waals surface area contributed by atoms with Gasteiger partial charge in [-0.1, -0.05) is 12.1 Å². The number of likely N-dealkylation sites (tertiary alicyclic amines) is 2. The first-order valence-corrected chi connectivity index (χ1v) is 10.5. The molecule has 0 aromatic heterocycles. The van der Waals surface area contributed by atoms with Crippen LogP contribution >= 0.6 is 0 Å². The molecule has 1 aliphatic carbocycles. The maximum Gasteiger partial charge on any atom is 0.225 e. The summed E-state index contributed by atoms with van der Waals surface area (Å²) in [5, 5.41) is 3.56. The summed E-state index contributed by atoms with van der Waals surface area (Å²) in [6.07, 6.45) is 5.39. The van der Waals surface area contributed by atoms with Crippen molar-refractivity contribution in [1.29, 1.82) is 0 Å². The number of hydrogen-bond acceptors (Lipinski definition) is 3. The summed E-state index contributed by atoms with van der Waals surface area (Å²) < 4.78 is 0. The van der Waals surface area contributed by atoms with E-state index in [-0.39, 0.29) is 17.2 Å². The highest BCUT2D eigenvalue weighted by Crippen LogP contribution is 2.45. The Morgan fingerprint density at radius 3 is 2.67 bits per heavy atom. The molecule has 1 saturated carbocycles. The molecule has 1 atom stereocenters. The fourth-order valence-corrected chi connectivity index (χ4v) is 5.41. The fourth-order valence-electron chi connectivity index (χ4n) is 5.41. The van der Waals surface area contributed by atoms with Gasteiger partial charge in [-0.3, -0.25) is 9.59 Å². The lowest BCUT2D eigenvalue weighted by molar-refractivity contribution is -0.143. The summed E-state index contributed by atoms with van der Waals surface area (Å²) in [5.74, 6) is 1.49. The number of rotatable bonds is 3. The van der Waals surface area contributed by atoms with Gasteiger partial charge in [-0.2, -0.15) is 0 Å². The Hall–Kier alpha value is -2.04. The van der Waals surface area contributed by atoms with E-state index in [1.54, 1.807) is 6.92 Å². The van der Waals surface area contributed by atoms with Crippen LogP contribution in [0.4, 0.5) is 5.69 Å². The standard InChI is InChI=1S/C22H29N3O2/c1-15(26)25-8-5-22(14-25)13-23-20-4-3-16(12-19(20)22)9-17-10-18(11-17)21(27)24-6-2-7-24/h3-4,12,17-18,23H,2,5-11,13-14H2,1H3. The van der Waals surface area contributed by atoms with Crippen molar-refractivity contribution in [3.63, 3.8) is 0 Å². The quantitative estimate of drug-likeness (QED) is 0.893. The van der Waals surface area contributed by atoms with Crippen LogP contribution < -0.4 is 5.32 Å². The molecule has 2 saturated heterocycles. The third kappa shape index (κ3) is 2.82. The first-order valence-electron chi connectivity index (χ1n) is 10.5. The van der Waals surface area contributed by atoms with E-state index < -0.39 is 0 Å². The molecule has 0 radical (unpaired) electrons. The average molecular weight is 367 g/mol. The molecule has 4 aliphatic rings. The zero-order chi connectivity index (χ0) is 18.6. The molecule has 1 spiro atoms. The monoisotopic (exact) mass is 367 g/mol. The number of anilines is 1. The highest BCUT2D eigenvalue weighted by molar-refractivity contribution is 5.80. The summed E-state index contributed by atoms with van der Waals surface area (Å²) in [5.41, 5.74) is 4.12. The third-order valence-corrected chi connectivity index (χ3v) is 7.35. The molecule has 0 bridgehead atoms. The number of amides is 2. The molecule has 5 nitrogen and oxygen atoms in total. The Bertz CT molecular complexity index is 782. The van der Waals surface area contributed by atoms with Gasteiger partial charge in [0.1, 0.15) is 0 Å². The lowest BCUT2D eigenvalue weighted by Crippen LogP contribution is -2.48. The molecule has 1 N–H and O–H groups in total. The van der Waals surface area contributed by atoms with Crippen LogP contribution in [0.25, 0.3) is 0 Å². The van der Waals surface area contributed by atoms with Gasteiger partial charge in [-0.15, -0.1) is 0 Å². The largest absolute Gasteiger partial charge is 0.384 e. The number of carbonyl (C=O) groups excluding carboxylic acids is 2. The maximum atomic E-state index is 12.3. The van der Waals surface area contributed by atoms with Gasteiger partial charge in [0.2, 0.25) is 11.8 Å². The number of hydrogen-bond donors (Lipinski definition) is 1. The van der Waals surface area contributed by atoms with Gasteiger partial charge in [-0.05, 0) is 55.2 Å². The minimum absolute atomic E-state index is 0.0899. The number of nitrogens with one attached hydrogen (secondary N) is 1. The summed E-state index contributed by atoms with van der Waals surface area (Å²) >= 11 is 0. The number of carbonyl (C=O) groups is 2. The predicted molar refractivity (Wildman–Crippen MR) is 105 cm³/mol. The van der Waals surface area contributed by atoms with Crippen LogP contribution in [-0.2, 0) is 21.4 Å². The van der Waals surface area contributed by atoms with Gasteiger partial charge in [0.15, 0.2) is 0 Å². The van der Waals surface area contributed by atoms with Crippen LogP contribution in [0.5, 0.6) is 0 Å². The summed E-state index contributed by atoms with van der Waals surface area (Å²) in [6, 6.07) is 6.84. The highest BCUT2D eigenvalue weighted by atomic mass is 16.2. The van der Waals surface area contributed by atoms with Crippen molar-refractivity contribution >= 4 is 17.5 Å². The molecule has 5 heteroatoms. The molecule has 3 aliphatic heterocycles. The third-order valence-electron chi connectivity index (χ3n) is 7.35. The molecule has 144 valence electrons. The second-order valence-corrected chi connectivity index (χ2v) is 9.12. The molecule has 2 amide bonds. The SMILES string of the molecule is CC(=O)N1CCC2(CNc3ccc(CC4CC(C(=O)N5CCC5)C4)cc32)C1. The van der Waals surface area contributed by atoms with Crippen molar-refractivity contribution in [2.45, 2.75) is 44.4 Å². The first-order chi connectivity index (χ1) is 13.0. The zero-order valence-electron chi connectivity index (χ0n) is 16.2. The van der Waals surface area contributed by atoms with Gasteiger partial charge in [0, 0.05) is 56.7 Å². The number of benzene rings is 1. The molecule has 5 rings (SSSR count). The molecule has 1 aromatic carbocycles. The highest BCUT2D eigenvalue weighted by Gasteiger charge is 2.45. The minimum atomic E-state index is 0.0899. The zero-order valence-corrected chi connectivity index (χ0v) is 16.2. The molecule has 27 heavy (non-hydrogen) atoms. The van der Waals surface area contributed by atoms with Crippen LogP contribution in [0, 0.1) is 11.8 Å².